The molecule has 0 saturated carbocycles. The molecule has 11 aromatic rings. The minimum atomic E-state index is -0.251. The third-order valence-electron chi connectivity index (χ3n) is 15.3. The molecule has 0 bridgehead atoms. The van der Waals surface area contributed by atoms with E-state index in [1.165, 1.54) is 119 Å². The van der Waals surface area contributed by atoms with Gasteiger partial charge in [0, 0.05) is 64.5 Å². The number of fused-ring (bicyclic) bond motifs is 17. The van der Waals surface area contributed by atoms with Crippen LogP contribution in [0, 0.1) is 0 Å². The van der Waals surface area contributed by atoms with Crippen molar-refractivity contribution >= 4 is 104 Å². The monoisotopic (exact) mass is 885 g/mol. The molecule has 6 heteroatoms. The van der Waals surface area contributed by atoms with E-state index in [0.29, 0.717) is 0 Å². The topological polar surface area (TPSA) is 21.1 Å². The van der Waals surface area contributed by atoms with Gasteiger partial charge in [-0.05, 0) is 115 Å². The number of anilines is 2. The Kier molecular flexibility index (Phi) is 7.58. The van der Waals surface area contributed by atoms with Crippen LogP contribution in [0.3, 0.4) is 0 Å². The van der Waals surface area contributed by atoms with Gasteiger partial charge < -0.3 is 9.38 Å². The highest BCUT2D eigenvalue weighted by atomic mass is 32.1. The van der Waals surface area contributed by atoms with E-state index in [0.717, 1.165) is 16.1 Å². The van der Waals surface area contributed by atoms with Gasteiger partial charge in [0.1, 0.15) is 5.01 Å². The molecule has 0 saturated heterocycles. The molecule has 14 rings (SSSR count). The maximum absolute atomic E-state index is 5.44. The molecule has 5 heterocycles. The number of nitrogens with zero attached hydrogens (tertiary/aromatic N) is 3. The fourth-order valence-electron chi connectivity index (χ4n) is 12.1. The van der Waals surface area contributed by atoms with E-state index in [1.54, 1.807) is 11.3 Å². The van der Waals surface area contributed by atoms with Crippen LogP contribution in [0.2, 0.25) is 0 Å². The van der Waals surface area contributed by atoms with Crippen molar-refractivity contribution in [3.63, 3.8) is 0 Å². The Bertz CT molecular complexity index is 3930. The van der Waals surface area contributed by atoms with Crippen molar-refractivity contribution in [2.75, 3.05) is 4.81 Å². The molecule has 0 radical (unpaired) electrons. The predicted octanol–water partition coefficient (Wildman–Crippen LogP) is 15.6. The molecule has 0 fully saturated rings. The van der Waals surface area contributed by atoms with Gasteiger partial charge >= 0.3 is 6.85 Å². The molecular formula is C60H48BN3S2. The minimum Gasteiger partial charge on any atom is -0.376 e. The molecule has 3 aliphatic rings. The van der Waals surface area contributed by atoms with Gasteiger partial charge in [0.15, 0.2) is 0 Å². The zero-order valence-electron chi connectivity index (χ0n) is 38.6. The van der Waals surface area contributed by atoms with Gasteiger partial charge in [0.2, 0.25) is 0 Å². The maximum atomic E-state index is 5.44. The SMILES string of the molecule is CC(C)(C)c1ccc(N2B3c4cc5nc(-c6ccccc6)sc5cc4-n4c5ccc(C(C)(C)C)cc5c5c6c(c(c3c54)-c3cc4c(cc32)sc2ccccc24)-c2ccccc2C6(C)C)cc1. The summed E-state index contributed by atoms with van der Waals surface area (Å²) in [5.41, 5.74) is 21.9. The summed E-state index contributed by atoms with van der Waals surface area (Å²) in [5.74, 6) is 0. The van der Waals surface area contributed by atoms with Crippen molar-refractivity contribution < 1.29 is 0 Å². The van der Waals surface area contributed by atoms with Gasteiger partial charge in [-0.15, -0.1) is 22.7 Å². The highest BCUT2D eigenvalue weighted by Crippen LogP contribution is 2.60. The number of hydrogen-bond donors (Lipinski definition) is 0. The van der Waals surface area contributed by atoms with Gasteiger partial charge in [-0.3, -0.25) is 0 Å². The summed E-state index contributed by atoms with van der Waals surface area (Å²) in [7, 11) is 0. The second kappa shape index (κ2) is 12.9. The molecule has 0 atom stereocenters. The van der Waals surface area contributed by atoms with Crippen molar-refractivity contribution in [2.24, 2.45) is 0 Å². The first-order valence-corrected chi connectivity index (χ1v) is 25.0. The van der Waals surface area contributed by atoms with E-state index in [2.05, 4.69) is 210 Å². The van der Waals surface area contributed by atoms with E-state index in [1.807, 2.05) is 11.3 Å². The summed E-state index contributed by atoms with van der Waals surface area (Å²) in [5, 5.41) is 6.43. The Hall–Kier alpha value is -6.47. The van der Waals surface area contributed by atoms with Crippen molar-refractivity contribution in [3.8, 4) is 38.5 Å². The fourth-order valence-corrected chi connectivity index (χ4v) is 14.2. The molecule has 8 aromatic carbocycles. The lowest BCUT2D eigenvalue weighted by atomic mass is 9.43. The lowest BCUT2D eigenvalue weighted by molar-refractivity contribution is 0.590. The average Bonchev–Trinajstić information content (AvgIpc) is 4.05. The zero-order chi connectivity index (χ0) is 44.8. The third kappa shape index (κ3) is 5.07. The zero-order valence-corrected chi connectivity index (χ0v) is 40.2. The molecule has 66 heavy (non-hydrogen) atoms. The molecule has 2 aliphatic heterocycles. The van der Waals surface area contributed by atoms with Gasteiger partial charge in [-0.1, -0.05) is 146 Å². The molecule has 1 aliphatic carbocycles. The quantitative estimate of drug-likeness (QED) is 0.161. The molecule has 0 N–H and O–H groups in total. The normalized spacial score (nSPS) is 14.7. The smallest absolute Gasteiger partial charge is 0.333 e. The highest BCUT2D eigenvalue weighted by Gasteiger charge is 2.50. The van der Waals surface area contributed by atoms with Crippen LogP contribution >= 0.6 is 22.7 Å². The van der Waals surface area contributed by atoms with Crippen LogP contribution in [0.25, 0.3) is 90.7 Å². The van der Waals surface area contributed by atoms with Gasteiger partial charge in [-0.25, -0.2) is 4.98 Å². The van der Waals surface area contributed by atoms with Crippen LogP contribution in [0.4, 0.5) is 11.4 Å². The van der Waals surface area contributed by atoms with Crippen LogP contribution < -0.4 is 15.7 Å². The Morgan fingerprint density at radius 1 is 0.576 bits per heavy atom. The lowest BCUT2D eigenvalue weighted by Gasteiger charge is -2.43. The lowest BCUT2D eigenvalue weighted by Crippen LogP contribution is -2.60. The summed E-state index contributed by atoms with van der Waals surface area (Å²) in [4.78, 5) is 8.15. The second-order valence-electron chi connectivity index (χ2n) is 21.5. The fraction of sp³-hybridized carbons (Fsp3) is 0.183. The molecule has 318 valence electrons. The van der Waals surface area contributed by atoms with E-state index >= 15 is 0 Å². The maximum Gasteiger partial charge on any atom is 0.333 e. The Morgan fingerprint density at radius 2 is 1.29 bits per heavy atom. The first-order chi connectivity index (χ1) is 31.8. The van der Waals surface area contributed by atoms with Crippen molar-refractivity contribution in [1.29, 1.82) is 0 Å². The average molecular weight is 886 g/mol. The summed E-state index contributed by atoms with van der Waals surface area (Å²) in [6.07, 6.45) is 0. The Morgan fingerprint density at radius 3 is 2.08 bits per heavy atom. The highest BCUT2D eigenvalue weighted by molar-refractivity contribution is 7.26. The van der Waals surface area contributed by atoms with Gasteiger partial charge in [0.05, 0.1) is 21.3 Å². The second-order valence-corrected chi connectivity index (χ2v) is 23.7. The minimum absolute atomic E-state index is 0.0224. The van der Waals surface area contributed by atoms with Crippen molar-refractivity contribution in [2.45, 2.75) is 71.6 Å². The summed E-state index contributed by atoms with van der Waals surface area (Å²) >= 11 is 3.71. The first-order valence-electron chi connectivity index (χ1n) is 23.4. The van der Waals surface area contributed by atoms with Crippen LogP contribution in [0.1, 0.15) is 77.6 Å². The molecule has 3 aromatic heterocycles. The van der Waals surface area contributed by atoms with Gasteiger partial charge in [0.25, 0.3) is 0 Å². The van der Waals surface area contributed by atoms with Crippen LogP contribution in [0.5, 0.6) is 0 Å². The van der Waals surface area contributed by atoms with E-state index in [-0.39, 0.29) is 23.1 Å². The largest absolute Gasteiger partial charge is 0.376 e. The van der Waals surface area contributed by atoms with Crippen molar-refractivity contribution in [1.82, 2.24) is 9.55 Å². The van der Waals surface area contributed by atoms with Crippen LogP contribution in [-0.4, -0.2) is 16.4 Å². The van der Waals surface area contributed by atoms with Crippen LogP contribution in [0.15, 0.2) is 146 Å². The molecule has 0 amide bonds. The number of rotatable bonds is 2. The standard InChI is InChI=1S/C60H48BN3S2/c1-58(2,3)34-22-25-36(26-23-34)64-46-31-49-39(37-18-13-15-21-48(37)65-49)29-41(46)52-51-38-19-12-14-20-42(38)60(7,8)54(51)53-40-28-35(59(4,5)6)24-27-45(40)63-47-32-50-44(30-43(47)61(64)55(52)56(53)63)62-57(66-50)33-16-10-9-11-17-33/h9-32H,1-8H3. The Labute approximate surface area is 394 Å². The predicted molar refractivity (Wildman–Crippen MR) is 286 cm³/mol. The summed E-state index contributed by atoms with van der Waals surface area (Å²) in [6, 6.07) is 55.9. The van der Waals surface area contributed by atoms with Crippen LogP contribution in [-0.2, 0) is 16.2 Å². The molecule has 0 spiro atoms. The molecular weight excluding hydrogens is 838 g/mol. The first kappa shape index (κ1) is 38.8. The number of thiazole rings is 1. The van der Waals surface area contributed by atoms with E-state index in [9.17, 15) is 0 Å². The third-order valence-corrected chi connectivity index (χ3v) is 17.5. The summed E-state index contributed by atoms with van der Waals surface area (Å²) < 4.78 is 6.52. The van der Waals surface area contributed by atoms with E-state index in [4.69, 9.17) is 4.98 Å². The summed E-state index contributed by atoms with van der Waals surface area (Å²) in [6.45, 7) is 18.8. The number of benzene rings is 8. The van der Waals surface area contributed by atoms with E-state index < -0.39 is 0 Å². The number of hydrogen-bond acceptors (Lipinski definition) is 4. The number of aromatic nitrogens is 2. The molecule has 0 unspecified atom stereocenters. The molecule has 3 nitrogen and oxygen atoms in total. The van der Waals surface area contributed by atoms with Crippen molar-refractivity contribution in [3.05, 3.63) is 168 Å². The number of thiophene rings is 1. The van der Waals surface area contributed by atoms with Gasteiger partial charge in [-0.2, -0.15) is 0 Å². The Balaban J connectivity index is 1.22.